The molecule has 1 unspecified atom stereocenters. The van der Waals surface area contributed by atoms with Crippen molar-refractivity contribution in [2.45, 2.75) is 25.9 Å². The van der Waals surface area contributed by atoms with Gasteiger partial charge < -0.3 is 15.2 Å². The Labute approximate surface area is 130 Å². The van der Waals surface area contributed by atoms with Crippen LogP contribution in [0.3, 0.4) is 0 Å². The van der Waals surface area contributed by atoms with Crippen molar-refractivity contribution in [2.75, 3.05) is 19.7 Å². The fourth-order valence-electron chi connectivity index (χ4n) is 2.01. The smallest absolute Gasteiger partial charge is 0.119 e. The van der Waals surface area contributed by atoms with Crippen LogP contribution in [0, 0.1) is 0 Å². The Kier molecular flexibility index (Phi) is 6.73. The second kappa shape index (κ2) is 8.82. The molecule has 114 valence electrons. The summed E-state index contributed by atoms with van der Waals surface area (Å²) in [5.74, 6) is 0.810. The lowest BCUT2D eigenvalue weighted by Crippen LogP contribution is -2.32. The van der Waals surface area contributed by atoms with E-state index in [1.54, 1.807) is 11.3 Å². The van der Waals surface area contributed by atoms with Gasteiger partial charge in [0.05, 0.1) is 0 Å². The van der Waals surface area contributed by atoms with Gasteiger partial charge in [-0.1, -0.05) is 19.1 Å². The van der Waals surface area contributed by atoms with E-state index in [4.69, 9.17) is 4.74 Å². The first kappa shape index (κ1) is 16.0. The topological polar surface area (TPSA) is 41.5 Å². The lowest BCUT2D eigenvalue weighted by atomic mass is 10.2. The summed E-state index contributed by atoms with van der Waals surface area (Å²) in [6.07, 6.45) is 1.53. The van der Waals surface area contributed by atoms with Crippen LogP contribution in [0.25, 0.3) is 0 Å². The maximum atomic E-state index is 9.88. The molecule has 1 atom stereocenters. The highest BCUT2D eigenvalue weighted by molar-refractivity contribution is 7.07. The molecule has 0 fully saturated rings. The SMILES string of the molecule is CCc1ccc(OCC(O)CNCCc2ccsc2)cc1. The molecule has 0 saturated heterocycles. The number of hydrogen-bond donors (Lipinski definition) is 2. The average Bonchev–Trinajstić information content (AvgIpc) is 3.03. The molecule has 0 amide bonds. The van der Waals surface area contributed by atoms with E-state index >= 15 is 0 Å². The van der Waals surface area contributed by atoms with Crippen LogP contribution in [-0.4, -0.2) is 30.9 Å². The first-order valence-corrected chi connectivity index (χ1v) is 8.34. The quantitative estimate of drug-likeness (QED) is 0.700. The molecule has 1 aromatic carbocycles. The summed E-state index contributed by atoms with van der Waals surface area (Å²) >= 11 is 1.72. The van der Waals surface area contributed by atoms with Gasteiger partial charge in [0.2, 0.25) is 0 Å². The maximum Gasteiger partial charge on any atom is 0.119 e. The summed E-state index contributed by atoms with van der Waals surface area (Å²) in [6, 6.07) is 10.2. The Morgan fingerprint density at radius 3 is 2.67 bits per heavy atom. The van der Waals surface area contributed by atoms with E-state index < -0.39 is 6.10 Å². The molecule has 3 nitrogen and oxygen atoms in total. The van der Waals surface area contributed by atoms with Gasteiger partial charge >= 0.3 is 0 Å². The zero-order valence-electron chi connectivity index (χ0n) is 12.4. The number of benzene rings is 1. The summed E-state index contributed by atoms with van der Waals surface area (Å²) in [4.78, 5) is 0. The molecule has 0 radical (unpaired) electrons. The van der Waals surface area contributed by atoms with E-state index in [1.165, 1.54) is 11.1 Å². The van der Waals surface area contributed by atoms with E-state index in [0.29, 0.717) is 13.2 Å². The van der Waals surface area contributed by atoms with Crippen LogP contribution in [0.2, 0.25) is 0 Å². The fourth-order valence-corrected chi connectivity index (χ4v) is 2.71. The summed E-state index contributed by atoms with van der Waals surface area (Å²) in [5, 5.41) is 17.4. The third-order valence-electron chi connectivity index (χ3n) is 3.32. The minimum atomic E-state index is -0.488. The predicted molar refractivity (Wildman–Crippen MR) is 88.2 cm³/mol. The predicted octanol–water partition coefficient (Wildman–Crippen LogP) is 2.88. The van der Waals surface area contributed by atoms with Gasteiger partial charge in [0.1, 0.15) is 18.5 Å². The molecule has 0 aliphatic rings. The summed E-state index contributed by atoms with van der Waals surface area (Å²) in [6.45, 7) is 3.87. The van der Waals surface area contributed by atoms with Gasteiger partial charge in [-0.2, -0.15) is 11.3 Å². The number of aliphatic hydroxyl groups is 1. The number of hydrogen-bond acceptors (Lipinski definition) is 4. The van der Waals surface area contributed by atoms with Crippen molar-refractivity contribution >= 4 is 11.3 Å². The number of nitrogens with one attached hydrogen (secondary N) is 1. The second-order valence-electron chi connectivity index (χ2n) is 5.05. The van der Waals surface area contributed by atoms with Crippen LogP contribution in [0.15, 0.2) is 41.1 Å². The minimum absolute atomic E-state index is 0.316. The standard InChI is InChI=1S/C17H23NO2S/c1-2-14-3-5-17(6-4-14)20-12-16(19)11-18-9-7-15-8-10-21-13-15/h3-6,8,10,13,16,18-19H,2,7,9,11-12H2,1H3. The maximum absolute atomic E-state index is 9.88. The Morgan fingerprint density at radius 2 is 2.00 bits per heavy atom. The van der Waals surface area contributed by atoms with Gasteiger partial charge in [-0.3, -0.25) is 0 Å². The van der Waals surface area contributed by atoms with Crippen molar-refractivity contribution in [3.05, 3.63) is 52.2 Å². The number of thiophene rings is 1. The van der Waals surface area contributed by atoms with Gasteiger partial charge in [0.15, 0.2) is 0 Å². The lowest BCUT2D eigenvalue weighted by Gasteiger charge is -2.13. The average molecular weight is 305 g/mol. The molecule has 0 aliphatic carbocycles. The molecule has 21 heavy (non-hydrogen) atoms. The number of ether oxygens (including phenoxy) is 1. The number of rotatable bonds is 9. The molecule has 0 bridgehead atoms. The van der Waals surface area contributed by atoms with Crippen molar-refractivity contribution in [3.63, 3.8) is 0 Å². The van der Waals surface area contributed by atoms with Crippen molar-refractivity contribution in [1.29, 1.82) is 0 Å². The minimum Gasteiger partial charge on any atom is -0.491 e. The van der Waals surface area contributed by atoms with Gasteiger partial charge in [0.25, 0.3) is 0 Å². The van der Waals surface area contributed by atoms with Crippen molar-refractivity contribution in [3.8, 4) is 5.75 Å². The monoisotopic (exact) mass is 305 g/mol. The molecule has 0 saturated carbocycles. The normalized spacial score (nSPS) is 12.3. The van der Waals surface area contributed by atoms with Gasteiger partial charge in [-0.05, 0) is 59.5 Å². The fraction of sp³-hybridized carbons (Fsp3) is 0.412. The molecule has 0 spiro atoms. The third-order valence-corrected chi connectivity index (χ3v) is 4.06. The highest BCUT2D eigenvalue weighted by atomic mass is 32.1. The Morgan fingerprint density at radius 1 is 1.19 bits per heavy atom. The molecule has 2 aromatic rings. The molecular formula is C17H23NO2S. The van der Waals surface area contributed by atoms with Crippen LogP contribution < -0.4 is 10.1 Å². The van der Waals surface area contributed by atoms with Crippen LogP contribution >= 0.6 is 11.3 Å². The second-order valence-corrected chi connectivity index (χ2v) is 5.83. The summed E-state index contributed by atoms with van der Waals surface area (Å²) in [7, 11) is 0. The summed E-state index contributed by atoms with van der Waals surface area (Å²) in [5.41, 5.74) is 2.63. The molecule has 2 rings (SSSR count). The van der Waals surface area contributed by atoms with Crippen LogP contribution in [0.1, 0.15) is 18.1 Å². The van der Waals surface area contributed by atoms with Crippen molar-refractivity contribution in [2.24, 2.45) is 0 Å². The van der Waals surface area contributed by atoms with E-state index in [9.17, 15) is 5.11 Å². The van der Waals surface area contributed by atoms with Crippen molar-refractivity contribution < 1.29 is 9.84 Å². The largest absolute Gasteiger partial charge is 0.491 e. The van der Waals surface area contributed by atoms with Crippen LogP contribution in [-0.2, 0) is 12.8 Å². The molecular weight excluding hydrogens is 282 g/mol. The highest BCUT2D eigenvalue weighted by Gasteiger charge is 2.05. The zero-order chi connectivity index (χ0) is 14.9. The number of aryl methyl sites for hydroxylation is 1. The summed E-state index contributed by atoms with van der Waals surface area (Å²) < 4.78 is 5.58. The van der Waals surface area contributed by atoms with E-state index in [2.05, 4.69) is 41.2 Å². The van der Waals surface area contributed by atoms with Crippen LogP contribution in [0.4, 0.5) is 0 Å². The van der Waals surface area contributed by atoms with Crippen LogP contribution in [0.5, 0.6) is 5.75 Å². The van der Waals surface area contributed by atoms with Gasteiger partial charge in [-0.15, -0.1) is 0 Å². The van der Waals surface area contributed by atoms with Gasteiger partial charge in [-0.25, -0.2) is 0 Å². The molecule has 4 heteroatoms. The highest BCUT2D eigenvalue weighted by Crippen LogP contribution is 2.12. The first-order valence-electron chi connectivity index (χ1n) is 7.39. The van der Waals surface area contributed by atoms with E-state index in [1.807, 2.05) is 12.1 Å². The Balaban J connectivity index is 1.59. The first-order chi connectivity index (χ1) is 10.3. The molecule has 0 aliphatic heterocycles. The number of aliphatic hydroxyl groups excluding tert-OH is 1. The molecule has 1 aromatic heterocycles. The Hall–Kier alpha value is -1.36. The van der Waals surface area contributed by atoms with E-state index in [-0.39, 0.29) is 0 Å². The zero-order valence-corrected chi connectivity index (χ0v) is 13.2. The third kappa shape index (κ3) is 5.87. The molecule has 1 heterocycles. The molecule has 2 N–H and O–H groups in total. The lowest BCUT2D eigenvalue weighted by molar-refractivity contribution is 0.106. The van der Waals surface area contributed by atoms with E-state index in [0.717, 1.165) is 25.1 Å². The van der Waals surface area contributed by atoms with Crippen molar-refractivity contribution in [1.82, 2.24) is 5.32 Å². The Bertz CT molecular complexity index is 496. The van der Waals surface area contributed by atoms with Gasteiger partial charge in [0, 0.05) is 6.54 Å².